The number of thioether (sulfide) groups is 1. The molecule has 2 N–H and O–H groups in total. The van der Waals surface area contributed by atoms with E-state index < -0.39 is 0 Å². The molecule has 1 rings (SSSR count). The second kappa shape index (κ2) is 8.80. The maximum atomic E-state index is 12.0. The lowest BCUT2D eigenvalue weighted by Crippen LogP contribution is -2.25. The molecule has 0 saturated heterocycles. The first-order valence-corrected chi connectivity index (χ1v) is 8.00. The minimum Gasteiger partial charge on any atom is -0.387 e. The van der Waals surface area contributed by atoms with Gasteiger partial charge in [-0.1, -0.05) is 6.42 Å². The highest BCUT2D eigenvalue weighted by atomic mass is 32.2. The van der Waals surface area contributed by atoms with Gasteiger partial charge >= 0.3 is 0 Å². The first kappa shape index (κ1) is 15.8. The molecule has 1 heterocycles. The van der Waals surface area contributed by atoms with Crippen LogP contribution in [0.15, 0.2) is 12.3 Å². The average Bonchev–Trinajstić information content (AvgIpc) is 2.42. The molecule has 0 radical (unpaired) electrons. The van der Waals surface area contributed by atoms with Crippen molar-refractivity contribution < 1.29 is 4.79 Å². The van der Waals surface area contributed by atoms with Gasteiger partial charge in [-0.3, -0.25) is 9.78 Å². The number of aryl methyl sites for hydroxylation is 1. The normalized spacial score (nSPS) is 10.3. The van der Waals surface area contributed by atoms with Crippen LogP contribution in [-0.2, 0) is 0 Å². The lowest BCUT2D eigenvalue weighted by atomic mass is 10.2. The van der Waals surface area contributed by atoms with Crippen molar-refractivity contribution in [2.24, 2.45) is 0 Å². The first-order chi connectivity index (χ1) is 9.19. The highest BCUT2D eigenvalue weighted by molar-refractivity contribution is 7.98. The molecular formula is C14H23N3OS. The molecule has 106 valence electrons. The summed E-state index contributed by atoms with van der Waals surface area (Å²) in [7, 11) is 1.81. The summed E-state index contributed by atoms with van der Waals surface area (Å²) in [6, 6.07) is 1.88. The van der Waals surface area contributed by atoms with E-state index in [0.717, 1.165) is 30.8 Å². The number of hydrogen-bond acceptors (Lipinski definition) is 4. The Morgan fingerprint density at radius 1 is 1.37 bits per heavy atom. The zero-order chi connectivity index (χ0) is 14.1. The quantitative estimate of drug-likeness (QED) is 0.719. The van der Waals surface area contributed by atoms with Crippen molar-refractivity contribution in [3.8, 4) is 0 Å². The van der Waals surface area contributed by atoms with Crippen LogP contribution in [0.3, 0.4) is 0 Å². The molecule has 0 aliphatic heterocycles. The molecule has 0 aromatic carbocycles. The third-order valence-electron chi connectivity index (χ3n) is 2.87. The fourth-order valence-corrected chi connectivity index (χ4v) is 2.29. The molecule has 1 aromatic rings. The second-order valence-electron chi connectivity index (χ2n) is 4.43. The Morgan fingerprint density at radius 3 is 2.84 bits per heavy atom. The molecule has 0 fully saturated rings. The summed E-state index contributed by atoms with van der Waals surface area (Å²) in [4.78, 5) is 16.2. The van der Waals surface area contributed by atoms with Gasteiger partial charge in [-0.15, -0.1) is 0 Å². The van der Waals surface area contributed by atoms with Crippen LogP contribution in [0.4, 0.5) is 5.69 Å². The van der Waals surface area contributed by atoms with Crippen LogP contribution in [0.5, 0.6) is 0 Å². The highest BCUT2D eigenvalue weighted by Gasteiger charge is 2.10. The lowest BCUT2D eigenvalue weighted by molar-refractivity contribution is 0.0953. The Morgan fingerprint density at radius 2 is 2.16 bits per heavy atom. The summed E-state index contributed by atoms with van der Waals surface area (Å²) in [5, 5.41) is 5.98. The molecule has 0 bridgehead atoms. The minimum absolute atomic E-state index is 0.0540. The molecule has 5 heteroatoms. The number of nitrogens with zero attached hydrogens (tertiary/aromatic N) is 1. The first-order valence-electron chi connectivity index (χ1n) is 6.60. The number of anilines is 1. The molecule has 1 amide bonds. The third-order valence-corrected chi connectivity index (χ3v) is 3.56. The summed E-state index contributed by atoms with van der Waals surface area (Å²) >= 11 is 1.87. The van der Waals surface area contributed by atoms with Gasteiger partial charge in [-0.25, -0.2) is 0 Å². The fraction of sp³-hybridized carbons (Fsp3) is 0.571. The third kappa shape index (κ3) is 5.51. The van der Waals surface area contributed by atoms with Crippen LogP contribution in [0.2, 0.25) is 0 Å². The second-order valence-corrected chi connectivity index (χ2v) is 5.42. The van der Waals surface area contributed by atoms with Gasteiger partial charge in [0.15, 0.2) is 0 Å². The van der Waals surface area contributed by atoms with Gasteiger partial charge in [0.25, 0.3) is 5.91 Å². The fourth-order valence-electron chi connectivity index (χ4n) is 1.79. The monoisotopic (exact) mass is 281 g/mol. The van der Waals surface area contributed by atoms with Crippen molar-refractivity contribution in [3.63, 3.8) is 0 Å². The molecule has 1 aromatic heterocycles. The lowest BCUT2D eigenvalue weighted by Gasteiger charge is -2.10. The van der Waals surface area contributed by atoms with Crippen molar-refractivity contribution in [1.29, 1.82) is 0 Å². The molecular weight excluding hydrogens is 258 g/mol. The number of carbonyl (C=O) groups excluding carboxylic acids is 1. The van der Waals surface area contributed by atoms with Crippen LogP contribution in [0, 0.1) is 6.92 Å². The van der Waals surface area contributed by atoms with E-state index in [1.165, 1.54) is 12.2 Å². The zero-order valence-corrected chi connectivity index (χ0v) is 12.8. The van der Waals surface area contributed by atoms with Crippen molar-refractivity contribution in [1.82, 2.24) is 10.3 Å². The zero-order valence-electron chi connectivity index (χ0n) is 12.0. The molecule has 0 aliphatic carbocycles. The summed E-state index contributed by atoms with van der Waals surface area (Å²) in [5.41, 5.74) is 2.34. The van der Waals surface area contributed by atoms with E-state index in [-0.39, 0.29) is 5.91 Å². The van der Waals surface area contributed by atoms with E-state index >= 15 is 0 Å². The summed E-state index contributed by atoms with van der Waals surface area (Å²) in [6.07, 6.45) is 7.15. The van der Waals surface area contributed by atoms with Crippen LogP contribution < -0.4 is 10.6 Å². The molecule has 0 unspecified atom stereocenters. The van der Waals surface area contributed by atoms with Gasteiger partial charge in [-0.05, 0) is 37.8 Å². The van der Waals surface area contributed by atoms with E-state index in [1.54, 1.807) is 6.20 Å². The molecule has 0 saturated carbocycles. The van der Waals surface area contributed by atoms with Gasteiger partial charge in [0.1, 0.15) is 0 Å². The Balaban J connectivity index is 2.41. The van der Waals surface area contributed by atoms with Crippen molar-refractivity contribution in [2.75, 3.05) is 30.9 Å². The molecule has 0 spiro atoms. The number of hydrogen-bond donors (Lipinski definition) is 2. The number of aromatic nitrogens is 1. The number of rotatable bonds is 8. The van der Waals surface area contributed by atoms with Crippen LogP contribution in [0.25, 0.3) is 0 Å². The van der Waals surface area contributed by atoms with Crippen molar-refractivity contribution in [3.05, 3.63) is 23.5 Å². The van der Waals surface area contributed by atoms with Gasteiger partial charge in [0.2, 0.25) is 0 Å². The Hall–Kier alpha value is -1.23. The minimum atomic E-state index is -0.0540. The van der Waals surface area contributed by atoms with E-state index in [9.17, 15) is 4.79 Å². The van der Waals surface area contributed by atoms with Crippen LogP contribution in [-0.4, -0.2) is 36.5 Å². The van der Waals surface area contributed by atoms with Crippen LogP contribution >= 0.6 is 11.8 Å². The highest BCUT2D eigenvalue weighted by Crippen LogP contribution is 2.14. The van der Waals surface area contributed by atoms with Gasteiger partial charge in [0, 0.05) is 25.5 Å². The Kier molecular flexibility index (Phi) is 7.33. The van der Waals surface area contributed by atoms with Gasteiger partial charge in [0.05, 0.1) is 11.3 Å². The molecule has 4 nitrogen and oxygen atoms in total. The smallest absolute Gasteiger partial charge is 0.254 e. The predicted octanol–water partition coefficient (Wildman–Crippen LogP) is 2.69. The standard InChI is InChI=1S/C14H23N3OS/c1-11-9-13(15-2)12(10-17-11)14(18)16-7-5-4-6-8-19-3/h9-10H,4-8H2,1-3H3,(H,15,17)(H,16,18). The number of unbranched alkanes of at least 4 members (excludes halogenated alkanes) is 2. The molecule has 19 heavy (non-hydrogen) atoms. The predicted molar refractivity (Wildman–Crippen MR) is 83.1 cm³/mol. The van der Waals surface area contributed by atoms with Gasteiger partial charge in [-0.2, -0.15) is 11.8 Å². The van der Waals surface area contributed by atoms with E-state index in [2.05, 4.69) is 21.9 Å². The largest absolute Gasteiger partial charge is 0.387 e. The Bertz CT molecular complexity index is 410. The molecule has 0 aliphatic rings. The van der Waals surface area contributed by atoms with Crippen molar-refractivity contribution >= 4 is 23.4 Å². The average molecular weight is 281 g/mol. The van der Waals surface area contributed by atoms with Gasteiger partial charge < -0.3 is 10.6 Å². The number of pyridine rings is 1. The number of nitrogens with one attached hydrogen (secondary N) is 2. The van der Waals surface area contributed by atoms with Crippen LogP contribution in [0.1, 0.15) is 35.3 Å². The number of amides is 1. The summed E-state index contributed by atoms with van der Waals surface area (Å²) in [5.74, 6) is 1.14. The van der Waals surface area contributed by atoms with E-state index in [1.807, 2.05) is 31.8 Å². The maximum absolute atomic E-state index is 12.0. The van der Waals surface area contributed by atoms with E-state index in [4.69, 9.17) is 0 Å². The summed E-state index contributed by atoms with van der Waals surface area (Å²) in [6.45, 7) is 2.64. The summed E-state index contributed by atoms with van der Waals surface area (Å²) < 4.78 is 0. The van der Waals surface area contributed by atoms with E-state index in [0.29, 0.717) is 5.56 Å². The maximum Gasteiger partial charge on any atom is 0.254 e. The number of carbonyl (C=O) groups is 1. The topological polar surface area (TPSA) is 54.0 Å². The molecule has 0 atom stereocenters. The SMILES string of the molecule is CNc1cc(C)ncc1C(=O)NCCCCCSC. The Labute approximate surface area is 119 Å². The van der Waals surface area contributed by atoms with Crippen molar-refractivity contribution in [2.45, 2.75) is 26.2 Å².